The summed E-state index contributed by atoms with van der Waals surface area (Å²) in [5.41, 5.74) is -0.110. The third-order valence-corrected chi connectivity index (χ3v) is 4.09. The Labute approximate surface area is 120 Å². The lowest BCUT2D eigenvalue weighted by molar-refractivity contribution is -0.137. The number of para-hydroxylation sites is 1. The van der Waals surface area contributed by atoms with E-state index >= 15 is 0 Å². The zero-order chi connectivity index (χ0) is 14.6. The van der Waals surface area contributed by atoms with Gasteiger partial charge in [0.1, 0.15) is 5.75 Å². The second-order valence-corrected chi connectivity index (χ2v) is 5.84. The SMILES string of the molecule is CN(Cc1ccccc1O)C(=O)CC1(O)CCCCC1. The second kappa shape index (κ2) is 6.27. The number of phenolic OH excluding ortho intramolecular Hbond substituents is 1. The van der Waals surface area contributed by atoms with E-state index in [0.29, 0.717) is 19.4 Å². The summed E-state index contributed by atoms with van der Waals surface area (Å²) in [7, 11) is 1.71. The molecule has 110 valence electrons. The molecule has 0 saturated heterocycles. The Balaban J connectivity index is 1.93. The van der Waals surface area contributed by atoms with E-state index in [0.717, 1.165) is 24.8 Å². The molecular formula is C16H23NO3. The number of hydrogen-bond donors (Lipinski definition) is 2. The molecule has 0 atom stereocenters. The van der Waals surface area contributed by atoms with Crippen LogP contribution in [-0.4, -0.2) is 33.7 Å². The molecule has 2 N–H and O–H groups in total. The van der Waals surface area contributed by atoms with Crippen LogP contribution in [0.25, 0.3) is 0 Å². The van der Waals surface area contributed by atoms with Crippen molar-refractivity contribution in [1.29, 1.82) is 0 Å². The Hall–Kier alpha value is -1.55. The average molecular weight is 277 g/mol. The molecule has 4 nitrogen and oxygen atoms in total. The molecule has 0 bridgehead atoms. The number of benzene rings is 1. The first-order valence-electron chi connectivity index (χ1n) is 7.23. The van der Waals surface area contributed by atoms with Gasteiger partial charge >= 0.3 is 0 Å². The normalized spacial score (nSPS) is 17.7. The summed E-state index contributed by atoms with van der Waals surface area (Å²) in [6.45, 7) is 0.363. The van der Waals surface area contributed by atoms with Crippen LogP contribution in [0.4, 0.5) is 0 Å². The first-order valence-corrected chi connectivity index (χ1v) is 7.23. The average Bonchev–Trinajstić information content (AvgIpc) is 2.41. The van der Waals surface area contributed by atoms with Crippen molar-refractivity contribution in [2.75, 3.05) is 7.05 Å². The van der Waals surface area contributed by atoms with Crippen LogP contribution in [-0.2, 0) is 11.3 Å². The standard InChI is InChI=1S/C16H23NO3/c1-17(12-13-7-3-4-8-14(13)18)15(19)11-16(20)9-5-2-6-10-16/h3-4,7-8,18,20H,2,5-6,9-12H2,1H3. The van der Waals surface area contributed by atoms with E-state index < -0.39 is 5.60 Å². The van der Waals surface area contributed by atoms with Gasteiger partial charge in [-0.1, -0.05) is 37.5 Å². The van der Waals surface area contributed by atoms with E-state index in [9.17, 15) is 15.0 Å². The predicted molar refractivity (Wildman–Crippen MR) is 77.2 cm³/mol. The fourth-order valence-electron chi connectivity index (χ4n) is 2.79. The predicted octanol–water partition coefficient (Wildman–Crippen LogP) is 2.44. The number of amides is 1. The van der Waals surface area contributed by atoms with Crippen molar-refractivity contribution in [2.24, 2.45) is 0 Å². The van der Waals surface area contributed by atoms with Gasteiger partial charge in [-0.15, -0.1) is 0 Å². The molecule has 1 saturated carbocycles. The Morgan fingerprint density at radius 3 is 2.55 bits per heavy atom. The van der Waals surface area contributed by atoms with Crippen molar-refractivity contribution >= 4 is 5.91 Å². The molecule has 0 unspecified atom stereocenters. The topological polar surface area (TPSA) is 60.8 Å². The molecule has 0 spiro atoms. The molecule has 1 fully saturated rings. The molecule has 0 aromatic heterocycles. The molecule has 1 amide bonds. The summed E-state index contributed by atoms with van der Waals surface area (Å²) in [5.74, 6) is 0.126. The van der Waals surface area contributed by atoms with Crippen LogP contribution < -0.4 is 0 Å². The first-order chi connectivity index (χ1) is 9.50. The number of phenols is 1. The maximum absolute atomic E-state index is 12.2. The van der Waals surface area contributed by atoms with Gasteiger partial charge in [-0.25, -0.2) is 0 Å². The maximum atomic E-state index is 12.2. The Morgan fingerprint density at radius 2 is 1.90 bits per heavy atom. The fourth-order valence-corrected chi connectivity index (χ4v) is 2.79. The summed E-state index contributed by atoms with van der Waals surface area (Å²) >= 11 is 0. The van der Waals surface area contributed by atoms with Crippen molar-refractivity contribution in [2.45, 2.75) is 50.7 Å². The molecule has 1 aromatic carbocycles. The number of carbonyl (C=O) groups excluding carboxylic acids is 1. The first kappa shape index (κ1) is 14.9. The summed E-state index contributed by atoms with van der Waals surface area (Å²) < 4.78 is 0. The number of hydrogen-bond acceptors (Lipinski definition) is 3. The van der Waals surface area contributed by atoms with Gasteiger partial charge < -0.3 is 15.1 Å². The highest BCUT2D eigenvalue weighted by Gasteiger charge is 2.32. The smallest absolute Gasteiger partial charge is 0.225 e. The second-order valence-electron chi connectivity index (χ2n) is 5.84. The molecule has 0 heterocycles. The summed E-state index contributed by atoms with van der Waals surface area (Å²) in [4.78, 5) is 13.8. The van der Waals surface area contributed by atoms with Gasteiger partial charge in [0, 0.05) is 19.2 Å². The zero-order valence-corrected chi connectivity index (χ0v) is 12.0. The van der Waals surface area contributed by atoms with Gasteiger partial charge in [0.25, 0.3) is 0 Å². The maximum Gasteiger partial charge on any atom is 0.225 e. The number of nitrogens with zero attached hydrogens (tertiary/aromatic N) is 1. The van der Waals surface area contributed by atoms with Crippen molar-refractivity contribution < 1.29 is 15.0 Å². The Bertz CT molecular complexity index is 467. The van der Waals surface area contributed by atoms with E-state index in [1.165, 1.54) is 0 Å². The molecule has 20 heavy (non-hydrogen) atoms. The van der Waals surface area contributed by atoms with E-state index in [4.69, 9.17) is 0 Å². The summed E-state index contributed by atoms with van der Waals surface area (Å²) in [5, 5.41) is 20.1. The van der Waals surface area contributed by atoms with Crippen LogP contribution in [0.3, 0.4) is 0 Å². The zero-order valence-electron chi connectivity index (χ0n) is 12.0. The molecule has 1 aliphatic carbocycles. The van der Waals surface area contributed by atoms with Gasteiger partial charge in [-0.3, -0.25) is 4.79 Å². The molecule has 2 rings (SSSR count). The quantitative estimate of drug-likeness (QED) is 0.888. The minimum Gasteiger partial charge on any atom is -0.508 e. The van der Waals surface area contributed by atoms with Crippen LogP contribution in [0.2, 0.25) is 0 Å². The van der Waals surface area contributed by atoms with Crippen molar-refractivity contribution in [1.82, 2.24) is 4.90 Å². The highest BCUT2D eigenvalue weighted by molar-refractivity contribution is 5.77. The largest absolute Gasteiger partial charge is 0.508 e. The Kier molecular flexibility index (Phi) is 4.65. The molecule has 0 radical (unpaired) electrons. The minimum atomic E-state index is -0.831. The molecule has 0 aliphatic heterocycles. The number of carbonyl (C=O) groups is 1. The van der Waals surface area contributed by atoms with E-state index in [-0.39, 0.29) is 18.1 Å². The number of aromatic hydroxyl groups is 1. The molecule has 4 heteroatoms. The van der Waals surface area contributed by atoms with Crippen LogP contribution in [0, 0.1) is 0 Å². The lowest BCUT2D eigenvalue weighted by Gasteiger charge is -2.33. The van der Waals surface area contributed by atoms with Crippen molar-refractivity contribution in [3.8, 4) is 5.75 Å². The van der Waals surface area contributed by atoms with Crippen molar-refractivity contribution in [3.05, 3.63) is 29.8 Å². The minimum absolute atomic E-state index is 0.0716. The van der Waals surface area contributed by atoms with Gasteiger partial charge in [-0.05, 0) is 18.9 Å². The number of aliphatic hydroxyl groups is 1. The van der Waals surface area contributed by atoms with Gasteiger partial charge in [0.15, 0.2) is 0 Å². The highest BCUT2D eigenvalue weighted by atomic mass is 16.3. The van der Waals surface area contributed by atoms with Crippen LogP contribution >= 0.6 is 0 Å². The van der Waals surface area contributed by atoms with Gasteiger partial charge in [-0.2, -0.15) is 0 Å². The van der Waals surface area contributed by atoms with Crippen LogP contribution in [0.1, 0.15) is 44.1 Å². The third-order valence-electron chi connectivity index (χ3n) is 4.09. The highest BCUT2D eigenvalue weighted by Crippen LogP contribution is 2.31. The molecule has 1 aromatic rings. The van der Waals surface area contributed by atoms with E-state index in [1.54, 1.807) is 30.1 Å². The van der Waals surface area contributed by atoms with Gasteiger partial charge in [0.2, 0.25) is 5.91 Å². The third kappa shape index (κ3) is 3.73. The van der Waals surface area contributed by atoms with Crippen LogP contribution in [0.15, 0.2) is 24.3 Å². The molecular weight excluding hydrogens is 254 g/mol. The van der Waals surface area contributed by atoms with E-state index in [2.05, 4.69) is 0 Å². The number of rotatable bonds is 4. The Morgan fingerprint density at radius 1 is 1.25 bits per heavy atom. The lowest BCUT2D eigenvalue weighted by atomic mass is 9.82. The van der Waals surface area contributed by atoms with Gasteiger partial charge in [0.05, 0.1) is 12.0 Å². The summed E-state index contributed by atoms with van der Waals surface area (Å²) in [6, 6.07) is 7.00. The lowest BCUT2D eigenvalue weighted by Crippen LogP contribution is -2.39. The van der Waals surface area contributed by atoms with Crippen molar-refractivity contribution in [3.63, 3.8) is 0 Å². The van der Waals surface area contributed by atoms with Crippen LogP contribution in [0.5, 0.6) is 5.75 Å². The molecule has 1 aliphatic rings. The monoisotopic (exact) mass is 277 g/mol. The fraction of sp³-hybridized carbons (Fsp3) is 0.562. The van der Waals surface area contributed by atoms with E-state index in [1.807, 2.05) is 6.07 Å². The summed E-state index contributed by atoms with van der Waals surface area (Å²) in [6.07, 6.45) is 4.73.